The van der Waals surface area contributed by atoms with E-state index >= 15 is 0 Å². The maximum absolute atomic E-state index is 2.29. The van der Waals surface area contributed by atoms with Crippen molar-refractivity contribution in [3.8, 4) is 0 Å². The summed E-state index contributed by atoms with van der Waals surface area (Å²) < 4.78 is 0. The number of unbranched alkanes of at least 4 members (excludes halogenated alkanes) is 1. The minimum atomic E-state index is 0.319. The van der Waals surface area contributed by atoms with E-state index in [0.29, 0.717) is 5.41 Å². The van der Waals surface area contributed by atoms with E-state index in [1.807, 2.05) is 0 Å². The zero-order chi connectivity index (χ0) is 10.5. The van der Waals surface area contributed by atoms with Crippen LogP contribution in [0.1, 0.15) is 47.0 Å². The SMILES string of the molecule is CCCC/C(=C\N(C)C)C(C)(C)C. The van der Waals surface area contributed by atoms with E-state index in [4.69, 9.17) is 0 Å². The molecule has 0 aliphatic carbocycles. The van der Waals surface area contributed by atoms with Gasteiger partial charge in [-0.15, -0.1) is 0 Å². The predicted molar refractivity (Wildman–Crippen MR) is 60.8 cm³/mol. The molecule has 0 aromatic carbocycles. The molecule has 0 radical (unpaired) electrons. The van der Waals surface area contributed by atoms with Gasteiger partial charge >= 0.3 is 0 Å². The summed E-state index contributed by atoms with van der Waals surface area (Å²) >= 11 is 0. The van der Waals surface area contributed by atoms with Gasteiger partial charge in [0.25, 0.3) is 0 Å². The van der Waals surface area contributed by atoms with Gasteiger partial charge in [-0.05, 0) is 30.0 Å². The number of rotatable bonds is 4. The number of nitrogens with zero attached hydrogens (tertiary/aromatic N) is 1. The maximum Gasteiger partial charge on any atom is 0.00556 e. The van der Waals surface area contributed by atoms with Gasteiger partial charge in [0, 0.05) is 14.1 Å². The van der Waals surface area contributed by atoms with Crippen LogP contribution in [0.3, 0.4) is 0 Å². The van der Waals surface area contributed by atoms with Gasteiger partial charge in [-0.3, -0.25) is 0 Å². The van der Waals surface area contributed by atoms with Crippen LogP contribution in [-0.4, -0.2) is 19.0 Å². The van der Waals surface area contributed by atoms with Crippen LogP contribution in [0.2, 0.25) is 0 Å². The quantitative estimate of drug-likeness (QED) is 0.643. The molecule has 0 N–H and O–H groups in total. The van der Waals surface area contributed by atoms with Crippen LogP contribution >= 0.6 is 0 Å². The van der Waals surface area contributed by atoms with E-state index in [9.17, 15) is 0 Å². The Bertz CT molecular complexity index is 160. The van der Waals surface area contributed by atoms with Crippen molar-refractivity contribution in [2.45, 2.75) is 47.0 Å². The van der Waals surface area contributed by atoms with Crippen molar-refractivity contribution >= 4 is 0 Å². The summed E-state index contributed by atoms with van der Waals surface area (Å²) in [6, 6.07) is 0. The summed E-state index contributed by atoms with van der Waals surface area (Å²) in [5, 5.41) is 0. The average Bonchev–Trinajstić information content (AvgIpc) is 1.95. The first-order chi connectivity index (χ1) is 5.88. The van der Waals surface area contributed by atoms with Gasteiger partial charge in [0.05, 0.1) is 0 Å². The monoisotopic (exact) mass is 183 g/mol. The van der Waals surface area contributed by atoms with E-state index in [1.165, 1.54) is 19.3 Å². The van der Waals surface area contributed by atoms with E-state index in [0.717, 1.165) is 0 Å². The highest BCUT2D eigenvalue weighted by molar-refractivity contribution is 5.09. The van der Waals surface area contributed by atoms with Crippen molar-refractivity contribution in [2.75, 3.05) is 14.1 Å². The van der Waals surface area contributed by atoms with Crippen LogP contribution < -0.4 is 0 Å². The molecule has 0 saturated carbocycles. The molecule has 0 unspecified atom stereocenters. The van der Waals surface area contributed by atoms with Crippen LogP contribution in [0.4, 0.5) is 0 Å². The Balaban J connectivity index is 4.38. The lowest BCUT2D eigenvalue weighted by molar-refractivity contribution is 0.448. The van der Waals surface area contributed by atoms with Crippen molar-refractivity contribution in [2.24, 2.45) is 5.41 Å². The smallest absolute Gasteiger partial charge is 0.00556 e. The molecule has 0 heterocycles. The molecule has 0 atom stereocenters. The van der Waals surface area contributed by atoms with Gasteiger partial charge in [-0.25, -0.2) is 0 Å². The van der Waals surface area contributed by atoms with Crippen molar-refractivity contribution < 1.29 is 0 Å². The summed E-state index contributed by atoms with van der Waals surface area (Å²) in [5.74, 6) is 0. The third-order valence-corrected chi connectivity index (χ3v) is 2.18. The predicted octanol–water partition coefficient (Wildman–Crippen LogP) is 3.67. The van der Waals surface area contributed by atoms with Gasteiger partial charge in [0.15, 0.2) is 0 Å². The summed E-state index contributed by atoms with van der Waals surface area (Å²) in [5.41, 5.74) is 1.87. The van der Waals surface area contributed by atoms with Gasteiger partial charge in [0.1, 0.15) is 0 Å². The number of hydrogen-bond acceptors (Lipinski definition) is 1. The second kappa shape index (κ2) is 5.31. The molecular weight excluding hydrogens is 158 g/mol. The second-order valence-corrected chi connectivity index (χ2v) is 4.97. The fraction of sp³-hybridized carbons (Fsp3) is 0.833. The Kier molecular flexibility index (Phi) is 5.12. The first-order valence-corrected chi connectivity index (χ1v) is 5.25. The Morgan fingerprint density at radius 1 is 1.23 bits per heavy atom. The third-order valence-electron chi connectivity index (χ3n) is 2.18. The molecule has 0 aromatic rings. The zero-order valence-corrected chi connectivity index (χ0v) is 10.1. The summed E-state index contributed by atoms with van der Waals surface area (Å²) in [7, 11) is 4.19. The molecular formula is C12H25N. The highest BCUT2D eigenvalue weighted by atomic mass is 15.0. The van der Waals surface area contributed by atoms with E-state index in [-0.39, 0.29) is 0 Å². The van der Waals surface area contributed by atoms with Crippen molar-refractivity contribution in [1.82, 2.24) is 4.90 Å². The molecule has 13 heavy (non-hydrogen) atoms. The molecule has 0 spiro atoms. The van der Waals surface area contributed by atoms with Crippen LogP contribution in [0.5, 0.6) is 0 Å². The van der Waals surface area contributed by atoms with Gasteiger partial charge in [0.2, 0.25) is 0 Å². The van der Waals surface area contributed by atoms with Crippen molar-refractivity contribution in [3.63, 3.8) is 0 Å². The molecule has 0 rings (SSSR count). The molecule has 0 aromatic heterocycles. The fourth-order valence-corrected chi connectivity index (χ4v) is 1.31. The van der Waals surface area contributed by atoms with Crippen molar-refractivity contribution in [1.29, 1.82) is 0 Å². The molecule has 1 heteroatoms. The Morgan fingerprint density at radius 2 is 1.77 bits per heavy atom. The van der Waals surface area contributed by atoms with E-state index in [2.05, 4.69) is 52.9 Å². The first-order valence-electron chi connectivity index (χ1n) is 5.25. The lowest BCUT2D eigenvalue weighted by atomic mass is 9.84. The fourth-order valence-electron chi connectivity index (χ4n) is 1.31. The van der Waals surface area contributed by atoms with Crippen LogP contribution in [0.25, 0.3) is 0 Å². The third kappa shape index (κ3) is 5.73. The highest BCUT2D eigenvalue weighted by Crippen LogP contribution is 2.29. The number of allylic oxidation sites excluding steroid dienone is 1. The van der Waals surface area contributed by atoms with Crippen LogP contribution in [0.15, 0.2) is 11.8 Å². The lowest BCUT2D eigenvalue weighted by Gasteiger charge is -2.24. The minimum Gasteiger partial charge on any atom is -0.384 e. The highest BCUT2D eigenvalue weighted by Gasteiger charge is 2.16. The molecule has 1 nitrogen and oxygen atoms in total. The first kappa shape index (κ1) is 12.5. The largest absolute Gasteiger partial charge is 0.384 e. The van der Waals surface area contributed by atoms with E-state index in [1.54, 1.807) is 5.57 Å². The number of hydrogen-bond donors (Lipinski definition) is 0. The summed E-state index contributed by atoms with van der Waals surface area (Å²) in [6.45, 7) is 9.12. The molecule has 0 bridgehead atoms. The molecule has 0 aliphatic rings. The van der Waals surface area contributed by atoms with Gasteiger partial charge < -0.3 is 4.90 Å². The Hall–Kier alpha value is -0.460. The van der Waals surface area contributed by atoms with Crippen LogP contribution in [-0.2, 0) is 0 Å². The van der Waals surface area contributed by atoms with Crippen molar-refractivity contribution in [3.05, 3.63) is 11.8 Å². The van der Waals surface area contributed by atoms with E-state index < -0.39 is 0 Å². The Labute approximate surface area is 83.8 Å². The normalized spacial score (nSPS) is 13.2. The molecule has 0 aliphatic heterocycles. The van der Waals surface area contributed by atoms with Crippen LogP contribution in [0, 0.1) is 5.41 Å². The van der Waals surface area contributed by atoms with Gasteiger partial charge in [-0.2, -0.15) is 0 Å². The lowest BCUT2D eigenvalue weighted by Crippen LogP contribution is -2.14. The summed E-state index contributed by atoms with van der Waals surface area (Å²) in [4.78, 5) is 2.15. The molecule has 0 saturated heterocycles. The van der Waals surface area contributed by atoms with Gasteiger partial charge in [-0.1, -0.05) is 34.1 Å². The zero-order valence-electron chi connectivity index (χ0n) is 10.1. The summed E-state index contributed by atoms with van der Waals surface area (Å²) in [6.07, 6.45) is 6.09. The Morgan fingerprint density at radius 3 is 2.08 bits per heavy atom. The minimum absolute atomic E-state index is 0.319. The average molecular weight is 183 g/mol. The second-order valence-electron chi connectivity index (χ2n) is 4.97. The standard InChI is InChI=1S/C12H25N/c1-7-8-9-11(10-13(5)6)12(2,3)4/h10H,7-9H2,1-6H3/b11-10+. The molecule has 78 valence electrons. The molecule has 0 amide bonds. The maximum atomic E-state index is 2.29. The molecule has 0 fully saturated rings. The topological polar surface area (TPSA) is 3.24 Å².